The lowest BCUT2D eigenvalue weighted by Crippen LogP contribution is -2.03. The fraction of sp³-hybridized carbons (Fsp3) is 0.188. The third kappa shape index (κ3) is 4.79. The second-order valence-electron chi connectivity index (χ2n) is 9.98. The number of ether oxygens (including phenoxy) is 4. The van der Waals surface area contributed by atoms with Gasteiger partial charge in [0.2, 0.25) is 11.8 Å². The van der Waals surface area contributed by atoms with Gasteiger partial charge in [-0.1, -0.05) is 12.1 Å². The predicted octanol–water partition coefficient (Wildman–Crippen LogP) is 6.53. The Labute approximate surface area is 229 Å². The molecular formula is C32H24N2O6. The minimum atomic E-state index is 0.225. The van der Waals surface area contributed by atoms with Gasteiger partial charge in [-0.05, 0) is 83.9 Å². The Morgan fingerprint density at radius 3 is 1.35 bits per heavy atom. The van der Waals surface area contributed by atoms with Gasteiger partial charge in [0.1, 0.15) is 48.0 Å². The van der Waals surface area contributed by atoms with Crippen LogP contribution in [0.3, 0.4) is 0 Å². The summed E-state index contributed by atoms with van der Waals surface area (Å²) in [6.45, 7) is 2.70. The molecule has 0 bridgehead atoms. The summed E-state index contributed by atoms with van der Waals surface area (Å²) in [6.07, 6.45) is 0.450. The van der Waals surface area contributed by atoms with E-state index in [9.17, 15) is 0 Å². The quantitative estimate of drug-likeness (QED) is 0.194. The molecular weight excluding hydrogens is 508 g/mol. The average Bonchev–Trinajstić information content (AvgIpc) is 3.92. The molecule has 2 aliphatic heterocycles. The lowest BCUT2D eigenvalue weighted by molar-refractivity contribution is 0.263. The zero-order chi connectivity index (χ0) is 26.5. The highest BCUT2D eigenvalue weighted by Gasteiger charge is 2.23. The smallest absolute Gasteiger partial charge is 0.227 e. The van der Waals surface area contributed by atoms with Crippen molar-refractivity contribution in [1.82, 2.24) is 9.97 Å². The molecule has 6 aromatic rings. The number of hydrogen-bond acceptors (Lipinski definition) is 8. The zero-order valence-corrected chi connectivity index (χ0v) is 21.4. The van der Waals surface area contributed by atoms with E-state index < -0.39 is 0 Å². The summed E-state index contributed by atoms with van der Waals surface area (Å²) in [7, 11) is 0. The highest BCUT2D eigenvalue weighted by Crippen LogP contribution is 2.33. The molecule has 0 saturated carbocycles. The summed E-state index contributed by atoms with van der Waals surface area (Å²) in [4.78, 5) is 9.35. The van der Waals surface area contributed by atoms with Crippen molar-refractivity contribution in [3.8, 4) is 45.5 Å². The van der Waals surface area contributed by atoms with Crippen molar-refractivity contribution in [3.05, 3.63) is 84.9 Å². The fourth-order valence-electron chi connectivity index (χ4n) is 4.55. The number of nitrogens with zero attached hydrogens (tertiary/aromatic N) is 2. The fourth-order valence-corrected chi connectivity index (χ4v) is 4.55. The third-order valence-electron chi connectivity index (χ3n) is 6.99. The Bertz CT molecular complexity index is 1680. The molecule has 0 aliphatic carbocycles. The Balaban J connectivity index is 1.02. The monoisotopic (exact) mass is 532 g/mol. The number of oxazole rings is 2. The normalized spacial score (nSPS) is 17.8. The first-order chi connectivity index (χ1) is 19.7. The summed E-state index contributed by atoms with van der Waals surface area (Å²) >= 11 is 0. The van der Waals surface area contributed by atoms with Crippen LogP contribution in [0, 0.1) is 0 Å². The maximum Gasteiger partial charge on any atom is 0.227 e. The molecule has 4 aromatic carbocycles. The van der Waals surface area contributed by atoms with E-state index >= 15 is 0 Å². The van der Waals surface area contributed by atoms with Gasteiger partial charge < -0.3 is 27.8 Å². The molecule has 2 unspecified atom stereocenters. The van der Waals surface area contributed by atoms with Crippen molar-refractivity contribution < 1.29 is 27.8 Å². The summed E-state index contributed by atoms with van der Waals surface area (Å²) in [6, 6.07) is 27.5. The summed E-state index contributed by atoms with van der Waals surface area (Å²) < 4.78 is 34.1. The topological polar surface area (TPSA) is 95.6 Å². The Morgan fingerprint density at radius 2 is 0.950 bits per heavy atom. The Hall–Kier alpha value is -4.66. The minimum absolute atomic E-state index is 0.225. The zero-order valence-electron chi connectivity index (χ0n) is 21.4. The van der Waals surface area contributed by atoms with Gasteiger partial charge in [0, 0.05) is 11.1 Å². The van der Waals surface area contributed by atoms with E-state index in [4.69, 9.17) is 27.8 Å². The highest BCUT2D eigenvalue weighted by atomic mass is 16.6. The summed E-state index contributed by atoms with van der Waals surface area (Å²) in [5.74, 6) is 2.73. The van der Waals surface area contributed by atoms with Gasteiger partial charge in [-0.25, -0.2) is 9.97 Å². The number of aromatic nitrogens is 2. The van der Waals surface area contributed by atoms with Crippen molar-refractivity contribution >= 4 is 22.2 Å². The van der Waals surface area contributed by atoms with Crippen LogP contribution < -0.4 is 9.47 Å². The number of hydrogen-bond donors (Lipinski definition) is 0. The Kier molecular flexibility index (Phi) is 5.53. The first-order valence-corrected chi connectivity index (χ1v) is 13.2. The predicted molar refractivity (Wildman–Crippen MR) is 148 cm³/mol. The minimum Gasteiger partial charge on any atom is -0.491 e. The van der Waals surface area contributed by atoms with Crippen molar-refractivity contribution in [2.75, 3.05) is 26.4 Å². The van der Waals surface area contributed by atoms with E-state index in [1.54, 1.807) is 0 Å². The van der Waals surface area contributed by atoms with E-state index in [1.807, 2.05) is 84.9 Å². The van der Waals surface area contributed by atoms with Crippen molar-refractivity contribution in [3.63, 3.8) is 0 Å². The second kappa shape index (κ2) is 9.51. The van der Waals surface area contributed by atoms with Gasteiger partial charge in [-0.3, -0.25) is 0 Å². The lowest BCUT2D eigenvalue weighted by Gasteiger charge is -2.04. The number of benzene rings is 4. The van der Waals surface area contributed by atoms with Crippen LogP contribution in [0.4, 0.5) is 0 Å². The van der Waals surface area contributed by atoms with Crippen LogP contribution in [0.5, 0.6) is 11.5 Å². The molecule has 2 atom stereocenters. The number of epoxide rings is 2. The van der Waals surface area contributed by atoms with Crippen LogP contribution in [-0.4, -0.2) is 48.6 Å². The van der Waals surface area contributed by atoms with Crippen LogP contribution in [0.2, 0.25) is 0 Å². The van der Waals surface area contributed by atoms with Gasteiger partial charge in [-0.2, -0.15) is 0 Å². The maximum absolute atomic E-state index is 6.13. The van der Waals surface area contributed by atoms with Gasteiger partial charge in [0.15, 0.2) is 11.2 Å². The van der Waals surface area contributed by atoms with E-state index in [-0.39, 0.29) is 12.2 Å². The average molecular weight is 533 g/mol. The molecule has 8 heteroatoms. The molecule has 0 spiro atoms. The van der Waals surface area contributed by atoms with Crippen LogP contribution in [0.15, 0.2) is 93.8 Å². The SMILES string of the molecule is c1cc(-c2nc3ccc(-c4ccc5nc(-c6ccc(OCC7CO7)cc6)oc5c4)cc3o2)ccc1OCC1CO1. The molecule has 0 N–H and O–H groups in total. The van der Waals surface area contributed by atoms with Crippen LogP contribution in [0.1, 0.15) is 0 Å². The summed E-state index contributed by atoms with van der Waals surface area (Å²) in [5.41, 5.74) is 6.81. The van der Waals surface area contributed by atoms with Crippen molar-refractivity contribution in [2.24, 2.45) is 0 Å². The largest absolute Gasteiger partial charge is 0.491 e. The van der Waals surface area contributed by atoms with E-state index in [0.717, 1.165) is 58.0 Å². The molecule has 0 radical (unpaired) electrons. The Morgan fingerprint density at radius 1 is 0.550 bits per heavy atom. The van der Waals surface area contributed by atoms with Crippen LogP contribution >= 0.6 is 0 Å². The molecule has 198 valence electrons. The molecule has 40 heavy (non-hydrogen) atoms. The third-order valence-corrected chi connectivity index (χ3v) is 6.99. The molecule has 4 heterocycles. The first-order valence-electron chi connectivity index (χ1n) is 13.2. The van der Waals surface area contributed by atoms with Gasteiger partial charge >= 0.3 is 0 Å². The molecule has 8 nitrogen and oxygen atoms in total. The standard InChI is InChI=1S/C32H24N2O6/c1-7-23(35-15-25-17-37-25)8-2-19(1)31-33-27-11-5-21(13-29(27)39-31)22-6-12-28-30(14-22)40-32(34-28)20-3-9-24(10-4-20)36-16-26-18-38-26/h1-14,25-26H,15-18H2. The van der Waals surface area contributed by atoms with Crippen LogP contribution in [0.25, 0.3) is 56.2 Å². The van der Waals surface area contributed by atoms with Gasteiger partial charge in [0.05, 0.1) is 13.2 Å². The maximum atomic E-state index is 6.13. The van der Waals surface area contributed by atoms with Crippen LogP contribution in [-0.2, 0) is 9.47 Å². The molecule has 0 amide bonds. The molecule has 2 saturated heterocycles. The number of fused-ring (bicyclic) bond motifs is 2. The lowest BCUT2D eigenvalue weighted by atomic mass is 10.1. The van der Waals surface area contributed by atoms with E-state index in [1.165, 1.54) is 0 Å². The molecule has 2 fully saturated rings. The highest BCUT2D eigenvalue weighted by molar-refractivity contribution is 5.86. The molecule has 2 aliphatic rings. The van der Waals surface area contributed by atoms with E-state index in [2.05, 4.69) is 9.97 Å². The van der Waals surface area contributed by atoms with Gasteiger partial charge in [0.25, 0.3) is 0 Å². The van der Waals surface area contributed by atoms with Crippen molar-refractivity contribution in [2.45, 2.75) is 12.2 Å². The number of rotatable bonds is 9. The van der Waals surface area contributed by atoms with E-state index in [0.29, 0.717) is 36.2 Å². The first kappa shape index (κ1) is 23.2. The summed E-state index contributed by atoms with van der Waals surface area (Å²) in [5, 5.41) is 0. The molecule has 8 rings (SSSR count). The van der Waals surface area contributed by atoms with Gasteiger partial charge in [-0.15, -0.1) is 0 Å². The molecule has 2 aromatic heterocycles. The second-order valence-corrected chi connectivity index (χ2v) is 9.98. The van der Waals surface area contributed by atoms with Crippen molar-refractivity contribution in [1.29, 1.82) is 0 Å².